The van der Waals surface area contributed by atoms with Crippen molar-refractivity contribution in [3.63, 3.8) is 0 Å². The van der Waals surface area contributed by atoms with E-state index in [9.17, 15) is 0 Å². The molecule has 0 spiro atoms. The van der Waals surface area contributed by atoms with Crippen molar-refractivity contribution in [2.75, 3.05) is 19.6 Å². The molecule has 0 aromatic rings. The average Bonchev–Trinajstić information content (AvgIpc) is 1.95. The van der Waals surface area contributed by atoms with E-state index in [2.05, 4.69) is 18.7 Å². The lowest BCUT2D eigenvalue weighted by Crippen LogP contribution is -2.42. The molecule has 0 aliphatic carbocycles. The van der Waals surface area contributed by atoms with Gasteiger partial charge in [0.05, 0.1) is 0 Å². The van der Waals surface area contributed by atoms with Gasteiger partial charge in [-0.2, -0.15) is 0 Å². The summed E-state index contributed by atoms with van der Waals surface area (Å²) < 4.78 is 0. The summed E-state index contributed by atoms with van der Waals surface area (Å²) >= 11 is 0. The van der Waals surface area contributed by atoms with Gasteiger partial charge in [-0.25, -0.2) is 0 Å². The molecule has 1 fully saturated rings. The normalized spacial score (nSPS) is 28.8. The first-order valence-electron chi connectivity index (χ1n) is 4.68. The maximum Gasteiger partial charge on any atom is 0.0107 e. The summed E-state index contributed by atoms with van der Waals surface area (Å²) in [4.78, 5) is 2.50. The third-order valence-electron chi connectivity index (χ3n) is 2.69. The van der Waals surface area contributed by atoms with Crippen LogP contribution in [-0.4, -0.2) is 30.6 Å². The van der Waals surface area contributed by atoms with Crippen LogP contribution in [-0.2, 0) is 0 Å². The largest absolute Gasteiger partial charge is 0.329 e. The molecule has 0 radical (unpaired) electrons. The van der Waals surface area contributed by atoms with Crippen LogP contribution in [0.25, 0.3) is 0 Å². The van der Waals surface area contributed by atoms with E-state index in [-0.39, 0.29) is 24.8 Å². The second kappa shape index (κ2) is 7.86. The van der Waals surface area contributed by atoms with E-state index in [1.807, 2.05) is 0 Å². The number of hydrogen-bond acceptors (Lipinski definition) is 2. The number of nitrogens with two attached hydrogens (primary N) is 1. The van der Waals surface area contributed by atoms with Crippen LogP contribution in [0, 0.1) is 5.92 Å². The van der Waals surface area contributed by atoms with Gasteiger partial charge < -0.3 is 5.73 Å². The monoisotopic (exact) mass is 228 g/mol. The summed E-state index contributed by atoms with van der Waals surface area (Å²) in [6.07, 6.45) is 2.70. The van der Waals surface area contributed by atoms with Crippen LogP contribution in [0.1, 0.15) is 26.7 Å². The number of hydrogen-bond donors (Lipinski definition) is 1. The molecule has 82 valence electrons. The molecule has 1 aliphatic heterocycles. The number of halogens is 2. The second-order valence-corrected chi connectivity index (χ2v) is 3.80. The standard InChI is InChI=1S/C9H20N2.2ClH/c1-8-3-5-11(6-4-10)9(2)7-8;;/h8-9H,3-7,10H2,1-2H3;2*1H. The number of piperidine rings is 1. The first-order valence-corrected chi connectivity index (χ1v) is 4.68. The van der Waals surface area contributed by atoms with E-state index < -0.39 is 0 Å². The molecule has 0 aromatic carbocycles. The number of nitrogens with zero attached hydrogens (tertiary/aromatic N) is 1. The van der Waals surface area contributed by atoms with Crippen LogP contribution in [0.15, 0.2) is 0 Å². The van der Waals surface area contributed by atoms with E-state index in [0.717, 1.165) is 25.0 Å². The Bertz CT molecular complexity index is 122. The van der Waals surface area contributed by atoms with Crippen molar-refractivity contribution in [3.8, 4) is 0 Å². The van der Waals surface area contributed by atoms with Gasteiger partial charge in [-0.05, 0) is 32.2 Å². The van der Waals surface area contributed by atoms with E-state index >= 15 is 0 Å². The summed E-state index contributed by atoms with van der Waals surface area (Å²) in [6, 6.07) is 0.752. The molecular formula is C9H22Cl2N2. The highest BCUT2D eigenvalue weighted by atomic mass is 35.5. The van der Waals surface area contributed by atoms with Crippen LogP contribution in [0.5, 0.6) is 0 Å². The molecule has 1 rings (SSSR count). The van der Waals surface area contributed by atoms with E-state index in [0.29, 0.717) is 0 Å². The fourth-order valence-electron chi connectivity index (χ4n) is 1.95. The van der Waals surface area contributed by atoms with Crippen LogP contribution in [0.4, 0.5) is 0 Å². The Morgan fingerprint density at radius 2 is 1.92 bits per heavy atom. The SMILES string of the molecule is CC1CCN(CCN)C(C)C1.Cl.Cl. The zero-order valence-corrected chi connectivity index (χ0v) is 10.2. The lowest BCUT2D eigenvalue weighted by atomic mass is 9.93. The van der Waals surface area contributed by atoms with Gasteiger partial charge in [0.25, 0.3) is 0 Å². The molecule has 1 saturated heterocycles. The van der Waals surface area contributed by atoms with Crippen LogP contribution in [0.2, 0.25) is 0 Å². The van der Waals surface area contributed by atoms with Gasteiger partial charge in [0.1, 0.15) is 0 Å². The quantitative estimate of drug-likeness (QED) is 0.783. The van der Waals surface area contributed by atoms with Crippen molar-refractivity contribution in [2.45, 2.75) is 32.7 Å². The average molecular weight is 229 g/mol. The molecule has 1 aliphatic rings. The van der Waals surface area contributed by atoms with Gasteiger partial charge in [0, 0.05) is 19.1 Å². The highest BCUT2D eigenvalue weighted by Crippen LogP contribution is 2.21. The van der Waals surface area contributed by atoms with Crippen LogP contribution >= 0.6 is 24.8 Å². The van der Waals surface area contributed by atoms with E-state index in [4.69, 9.17) is 5.73 Å². The third kappa shape index (κ3) is 5.06. The van der Waals surface area contributed by atoms with Crippen molar-refractivity contribution < 1.29 is 0 Å². The Hall–Kier alpha value is 0.500. The molecule has 13 heavy (non-hydrogen) atoms. The summed E-state index contributed by atoms with van der Waals surface area (Å²) in [7, 11) is 0. The van der Waals surface area contributed by atoms with Gasteiger partial charge in [0.2, 0.25) is 0 Å². The van der Waals surface area contributed by atoms with Crippen molar-refractivity contribution in [3.05, 3.63) is 0 Å². The summed E-state index contributed by atoms with van der Waals surface area (Å²) in [5.74, 6) is 0.916. The molecule has 2 nitrogen and oxygen atoms in total. The Balaban J connectivity index is 0. The van der Waals surface area contributed by atoms with Gasteiger partial charge in [-0.15, -0.1) is 24.8 Å². The Labute approximate surface area is 94.1 Å². The minimum Gasteiger partial charge on any atom is -0.329 e. The Morgan fingerprint density at radius 1 is 1.31 bits per heavy atom. The lowest BCUT2D eigenvalue weighted by molar-refractivity contribution is 0.133. The number of likely N-dealkylation sites (tertiary alicyclic amines) is 1. The summed E-state index contributed by atoms with van der Waals surface area (Å²) in [5, 5.41) is 0. The van der Waals surface area contributed by atoms with Crippen molar-refractivity contribution in [1.29, 1.82) is 0 Å². The van der Waals surface area contributed by atoms with Crippen molar-refractivity contribution in [1.82, 2.24) is 4.90 Å². The Morgan fingerprint density at radius 3 is 2.38 bits per heavy atom. The molecule has 2 atom stereocenters. The highest BCUT2D eigenvalue weighted by Gasteiger charge is 2.21. The predicted molar refractivity (Wildman–Crippen MR) is 63.0 cm³/mol. The summed E-state index contributed by atoms with van der Waals surface area (Å²) in [5.41, 5.74) is 5.51. The van der Waals surface area contributed by atoms with Gasteiger partial charge in [-0.3, -0.25) is 4.90 Å². The van der Waals surface area contributed by atoms with E-state index in [1.54, 1.807) is 0 Å². The summed E-state index contributed by atoms with van der Waals surface area (Å²) in [6.45, 7) is 7.79. The molecule has 0 aromatic heterocycles. The molecule has 0 saturated carbocycles. The van der Waals surface area contributed by atoms with E-state index in [1.165, 1.54) is 19.4 Å². The first kappa shape index (κ1) is 15.9. The minimum absolute atomic E-state index is 0. The van der Waals surface area contributed by atoms with Crippen LogP contribution in [0.3, 0.4) is 0 Å². The zero-order chi connectivity index (χ0) is 8.27. The van der Waals surface area contributed by atoms with Crippen molar-refractivity contribution in [2.24, 2.45) is 11.7 Å². The molecular weight excluding hydrogens is 207 g/mol. The first-order chi connectivity index (χ1) is 5.24. The fraction of sp³-hybridized carbons (Fsp3) is 1.00. The molecule has 0 amide bonds. The van der Waals surface area contributed by atoms with Gasteiger partial charge in [0.15, 0.2) is 0 Å². The topological polar surface area (TPSA) is 29.3 Å². The maximum atomic E-state index is 5.51. The number of rotatable bonds is 2. The second-order valence-electron chi connectivity index (χ2n) is 3.80. The predicted octanol–water partition coefficient (Wildman–Crippen LogP) is 1.91. The van der Waals surface area contributed by atoms with Gasteiger partial charge >= 0.3 is 0 Å². The third-order valence-corrected chi connectivity index (χ3v) is 2.69. The molecule has 4 heteroatoms. The zero-order valence-electron chi connectivity index (χ0n) is 8.53. The Kier molecular flexibility index (Phi) is 9.65. The smallest absolute Gasteiger partial charge is 0.0107 e. The van der Waals surface area contributed by atoms with Crippen molar-refractivity contribution >= 4 is 24.8 Å². The lowest BCUT2D eigenvalue weighted by Gasteiger charge is -2.36. The molecule has 1 heterocycles. The highest BCUT2D eigenvalue weighted by molar-refractivity contribution is 5.85. The van der Waals surface area contributed by atoms with Crippen LogP contribution < -0.4 is 5.73 Å². The minimum atomic E-state index is 0. The fourth-order valence-corrected chi connectivity index (χ4v) is 1.95. The maximum absolute atomic E-state index is 5.51. The molecule has 2 N–H and O–H groups in total. The van der Waals surface area contributed by atoms with Gasteiger partial charge in [-0.1, -0.05) is 6.92 Å². The molecule has 0 bridgehead atoms. The molecule has 2 unspecified atom stereocenters.